The van der Waals surface area contributed by atoms with Gasteiger partial charge in [0.1, 0.15) is 0 Å². The Morgan fingerprint density at radius 2 is 1.82 bits per heavy atom. The van der Waals surface area contributed by atoms with Gasteiger partial charge in [-0.2, -0.15) is 0 Å². The molecule has 22 heavy (non-hydrogen) atoms. The number of hydrogen-bond donors (Lipinski definition) is 3. The Morgan fingerprint density at radius 3 is 2.45 bits per heavy atom. The molecule has 0 aliphatic heterocycles. The van der Waals surface area contributed by atoms with E-state index in [1.54, 1.807) is 12.3 Å². The van der Waals surface area contributed by atoms with Gasteiger partial charge in [-0.25, -0.2) is 9.59 Å². The SMILES string of the molecule is Cc1cccc(/C=C/NC(=O)Nc2ccc(C(=O)O)cc2)c1. The molecule has 0 unspecified atom stereocenters. The van der Waals surface area contributed by atoms with E-state index >= 15 is 0 Å². The standard InChI is InChI=1S/C17H16N2O3/c1-12-3-2-4-13(11-12)9-10-18-17(22)19-15-7-5-14(6-8-15)16(20)21/h2-11H,1H3,(H,20,21)(H2,18,19,22)/b10-9+. The largest absolute Gasteiger partial charge is 0.478 e. The van der Waals surface area contributed by atoms with Gasteiger partial charge in [-0.05, 0) is 42.8 Å². The molecule has 0 bridgehead atoms. The minimum absolute atomic E-state index is 0.172. The molecule has 2 amide bonds. The first kappa shape index (κ1) is 15.3. The highest BCUT2D eigenvalue weighted by atomic mass is 16.4. The lowest BCUT2D eigenvalue weighted by Gasteiger charge is -2.04. The second-order valence-corrected chi connectivity index (χ2v) is 4.73. The van der Waals surface area contributed by atoms with Gasteiger partial charge in [0.2, 0.25) is 0 Å². The first-order valence-electron chi connectivity index (χ1n) is 6.69. The van der Waals surface area contributed by atoms with Crippen molar-refractivity contribution in [2.45, 2.75) is 6.92 Å². The van der Waals surface area contributed by atoms with Crippen molar-refractivity contribution >= 4 is 23.8 Å². The smallest absolute Gasteiger partial charge is 0.335 e. The lowest BCUT2D eigenvalue weighted by Crippen LogP contribution is -2.23. The van der Waals surface area contributed by atoms with Crippen molar-refractivity contribution in [1.82, 2.24) is 5.32 Å². The van der Waals surface area contributed by atoms with Crippen LogP contribution in [0.15, 0.2) is 54.7 Å². The van der Waals surface area contributed by atoms with Crippen LogP contribution in [0.4, 0.5) is 10.5 Å². The molecule has 2 aromatic rings. The maximum atomic E-state index is 11.7. The van der Waals surface area contributed by atoms with E-state index in [1.165, 1.54) is 24.3 Å². The van der Waals surface area contributed by atoms with Crippen LogP contribution in [0.2, 0.25) is 0 Å². The summed E-state index contributed by atoms with van der Waals surface area (Å²) >= 11 is 0. The number of carboxylic acid groups (broad SMARTS) is 1. The normalized spacial score (nSPS) is 10.4. The predicted molar refractivity (Wildman–Crippen MR) is 85.8 cm³/mol. The molecule has 2 aromatic carbocycles. The number of aromatic carboxylic acids is 1. The highest BCUT2D eigenvalue weighted by Gasteiger charge is 2.03. The third kappa shape index (κ3) is 4.49. The molecule has 5 heteroatoms. The molecular formula is C17H16N2O3. The molecule has 0 fully saturated rings. The number of anilines is 1. The van der Waals surface area contributed by atoms with Gasteiger partial charge in [0.05, 0.1) is 5.56 Å². The lowest BCUT2D eigenvalue weighted by molar-refractivity contribution is 0.0697. The van der Waals surface area contributed by atoms with E-state index in [0.717, 1.165) is 11.1 Å². The molecule has 0 radical (unpaired) electrons. The van der Waals surface area contributed by atoms with E-state index < -0.39 is 12.0 Å². The summed E-state index contributed by atoms with van der Waals surface area (Å²) in [5.74, 6) is -1.00. The quantitative estimate of drug-likeness (QED) is 0.808. The summed E-state index contributed by atoms with van der Waals surface area (Å²) in [6.07, 6.45) is 3.34. The molecular weight excluding hydrogens is 280 g/mol. The molecule has 0 saturated carbocycles. The maximum Gasteiger partial charge on any atom is 0.335 e. The van der Waals surface area contributed by atoms with Gasteiger partial charge < -0.3 is 15.7 Å². The van der Waals surface area contributed by atoms with Crippen molar-refractivity contribution < 1.29 is 14.7 Å². The van der Waals surface area contributed by atoms with Crippen LogP contribution in [0.25, 0.3) is 6.08 Å². The van der Waals surface area contributed by atoms with Crippen LogP contribution in [-0.2, 0) is 0 Å². The Labute approximate surface area is 128 Å². The fraction of sp³-hybridized carbons (Fsp3) is 0.0588. The number of rotatable bonds is 4. The van der Waals surface area contributed by atoms with Gasteiger partial charge in [-0.15, -0.1) is 0 Å². The second-order valence-electron chi connectivity index (χ2n) is 4.73. The average molecular weight is 296 g/mol. The Morgan fingerprint density at radius 1 is 1.09 bits per heavy atom. The third-order valence-electron chi connectivity index (χ3n) is 2.92. The molecule has 0 aliphatic carbocycles. The number of carboxylic acids is 1. The third-order valence-corrected chi connectivity index (χ3v) is 2.92. The van der Waals surface area contributed by atoms with Crippen molar-refractivity contribution in [1.29, 1.82) is 0 Å². The van der Waals surface area contributed by atoms with Crippen LogP contribution < -0.4 is 10.6 Å². The number of aryl methyl sites for hydroxylation is 1. The molecule has 0 atom stereocenters. The van der Waals surface area contributed by atoms with Crippen molar-refractivity contribution in [3.8, 4) is 0 Å². The zero-order valence-electron chi connectivity index (χ0n) is 12.0. The average Bonchev–Trinajstić information content (AvgIpc) is 2.48. The summed E-state index contributed by atoms with van der Waals surface area (Å²) < 4.78 is 0. The number of benzene rings is 2. The molecule has 0 aromatic heterocycles. The second kappa shape index (κ2) is 7.08. The van der Waals surface area contributed by atoms with Crippen LogP contribution in [0.3, 0.4) is 0 Å². The van der Waals surface area contributed by atoms with E-state index in [2.05, 4.69) is 10.6 Å². The van der Waals surface area contributed by atoms with E-state index in [-0.39, 0.29) is 5.56 Å². The molecule has 112 valence electrons. The van der Waals surface area contributed by atoms with Crippen LogP contribution >= 0.6 is 0 Å². The topological polar surface area (TPSA) is 78.4 Å². The zero-order valence-corrected chi connectivity index (χ0v) is 12.0. The van der Waals surface area contributed by atoms with E-state index in [9.17, 15) is 9.59 Å². The van der Waals surface area contributed by atoms with Crippen molar-refractivity contribution in [3.63, 3.8) is 0 Å². The Balaban J connectivity index is 1.89. The Bertz CT molecular complexity index is 706. The number of carbonyl (C=O) groups is 2. The molecule has 3 N–H and O–H groups in total. The van der Waals surface area contributed by atoms with E-state index in [4.69, 9.17) is 5.11 Å². The monoisotopic (exact) mass is 296 g/mol. The van der Waals surface area contributed by atoms with Crippen LogP contribution in [0.5, 0.6) is 0 Å². The maximum absolute atomic E-state index is 11.7. The summed E-state index contributed by atoms with van der Waals surface area (Å²) in [5.41, 5.74) is 2.83. The molecule has 2 rings (SSSR count). The van der Waals surface area contributed by atoms with Gasteiger partial charge in [0.25, 0.3) is 0 Å². The van der Waals surface area contributed by atoms with Crippen LogP contribution in [-0.4, -0.2) is 17.1 Å². The van der Waals surface area contributed by atoms with Crippen LogP contribution in [0, 0.1) is 6.92 Å². The summed E-state index contributed by atoms with van der Waals surface area (Å²) in [6, 6.07) is 13.4. The van der Waals surface area contributed by atoms with Crippen molar-refractivity contribution in [2.24, 2.45) is 0 Å². The minimum atomic E-state index is -1.00. The number of carbonyl (C=O) groups excluding carboxylic acids is 1. The summed E-state index contributed by atoms with van der Waals surface area (Å²) in [7, 11) is 0. The number of amides is 2. The van der Waals surface area contributed by atoms with E-state index in [0.29, 0.717) is 5.69 Å². The lowest BCUT2D eigenvalue weighted by atomic mass is 10.1. The first-order chi connectivity index (χ1) is 10.5. The fourth-order valence-electron chi connectivity index (χ4n) is 1.85. The number of nitrogens with one attached hydrogen (secondary N) is 2. The Hall–Kier alpha value is -3.08. The predicted octanol–water partition coefficient (Wildman–Crippen LogP) is 3.49. The van der Waals surface area contributed by atoms with Gasteiger partial charge >= 0.3 is 12.0 Å². The molecule has 0 aliphatic rings. The first-order valence-corrected chi connectivity index (χ1v) is 6.69. The summed E-state index contributed by atoms with van der Waals surface area (Å²) in [4.78, 5) is 22.4. The number of urea groups is 1. The molecule has 5 nitrogen and oxygen atoms in total. The molecule has 0 saturated heterocycles. The van der Waals surface area contributed by atoms with Crippen molar-refractivity contribution in [2.75, 3.05) is 5.32 Å². The highest BCUT2D eigenvalue weighted by Crippen LogP contribution is 2.09. The van der Waals surface area contributed by atoms with Gasteiger partial charge in [-0.3, -0.25) is 0 Å². The van der Waals surface area contributed by atoms with Gasteiger partial charge in [0.15, 0.2) is 0 Å². The summed E-state index contributed by atoms with van der Waals surface area (Å²) in [6.45, 7) is 2.00. The molecule has 0 spiro atoms. The minimum Gasteiger partial charge on any atom is -0.478 e. The summed E-state index contributed by atoms with van der Waals surface area (Å²) in [5, 5.41) is 14.0. The Kier molecular flexibility index (Phi) is 4.93. The fourth-order valence-corrected chi connectivity index (χ4v) is 1.85. The molecule has 0 heterocycles. The van der Waals surface area contributed by atoms with Gasteiger partial charge in [-0.1, -0.05) is 29.8 Å². The van der Waals surface area contributed by atoms with Gasteiger partial charge in [0, 0.05) is 11.9 Å². The van der Waals surface area contributed by atoms with Crippen molar-refractivity contribution in [3.05, 3.63) is 71.4 Å². The van der Waals surface area contributed by atoms with E-state index in [1.807, 2.05) is 31.2 Å². The zero-order chi connectivity index (χ0) is 15.9. The number of hydrogen-bond acceptors (Lipinski definition) is 2. The van der Waals surface area contributed by atoms with Crippen LogP contribution in [0.1, 0.15) is 21.5 Å². The highest BCUT2D eigenvalue weighted by molar-refractivity contribution is 5.92.